The molecule has 2 aromatic heterocycles. The summed E-state index contributed by atoms with van der Waals surface area (Å²) in [5.41, 5.74) is 2.66. The minimum atomic E-state index is 0.0273. The zero-order valence-corrected chi connectivity index (χ0v) is 16.8. The molecule has 0 aliphatic rings. The summed E-state index contributed by atoms with van der Waals surface area (Å²) in [7, 11) is 1.60. The minimum Gasteiger partial charge on any atom is -0.497 e. The number of methoxy groups -OCH3 is 1. The van der Waals surface area contributed by atoms with Gasteiger partial charge >= 0.3 is 0 Å². The number of nitrogens with one attached hydrogen (secondary N) is 1. The lowest BCUT2D eigenvalue weighted by molar-refractivity contribution is 0.102. The fourth-order valence-corrected chi connectivity index (χ4v) is 3.98. The SMILES string of the molecule is C=CCn1c(SCC(=O)c2ccc(OC)cc2)nnc1-c1c[nH]c2ccccc12. The molecule has 4 rings (SSSR count). The van der Waals surface area contributed by atoms with Crippen molar-refractivity contribution in [1.29, 1.82) is 0 Å². The van der Waals surface area contributed by atoms with Crippen molar-refractivity contribution in [3.63, 3.8) is 0 Å². The highest BCUT2D eigenvalue weighted by molar-refractivity contribution is 7.99. The average Bonchev–Trinajstić information content (AvgIpc) is 3.36. The Morgan fingerprint density at radius 2 is 2.00 bits per heavy atom. The predicted octanol–water partition coefficient (Wildman–Crippen LogP) is 4.60. The van der Waals surface area contributed by atoms with Crippen molar-refractivity contribution in [2.45, 2.75) is 11.7 Å². The molecule has 0 saturated carbocycles. The lowest BCUT2D eigenvalue weighted by Crippen LogP contribution is -2.05. The molecule has 29 heavy (non-hydrogen) atoms. The highest BCUT2D eigenvalue weighted by Crippen LogP contribution is 2.30. The van der Waals surface area contributed by atoms with Crippen molar-refractivity contribution >= 4 is 28.4 Å². The first-order valence-electron chi connectivity index (χ1n) is 9.12. The number of benzene rings is 2. The number of aromatic amines is 1. The van der Waals surface area contributed by atoms with Crippen molar-refractivity contribution in [2.24, 2.45) is 0 Å². The van der Waals surface area contributed by atoms with Crippen LogP contribution < -0.4 is 4.74 Å². The Hall–Kier alpha value is -3.32. The van der Waals surface area contributed by atoms with Gasteiger partial charge in [0.05, 0.1) is 12.9 Å². The molecular weight excluding hydrogens is 384 g/mol. The quantitative estimate of drug-likeness (QED) is 0.264. The number of thioether (sulfide) groups is 1. The second-order valence-corrected chi connectivity index (χ2v) is 7.34. The largest absolute Gasteiger partial charge is 0.497 e. The van der Waals surface area contributed by atoms with Crippen LogP contribution in [0, 0.1) is 0 Å². The summed E-state index contributed by atoms with van der Waals surface area (Å²) in [6.07, 6.45) is 3.74. The van der Waals surface area contributed by atoms with Crippen LogP contribution in [0.5, 0.6) is 5.75 Å². The maximum absolute atomic E-state index is 12.6. The lowest BCUT2D eigenvalue weighted by atomic mass is 10.1. The Balaban J connectivity index is 1.58. The standard InChI is InChI=1S/C22H20N4O2S/c1-3-12-26-21(18-13-23-19-7-5-4-6-17(18)19)24-25-22(26)29-14-20(27)15-8-10-16(28-2)11-9-15/h3-11,13,23H,1,12,14H2,2H3. The molecule has 0 atom stereocenters. The van der Waals surface area contributed by atoms with Crippen LogP contribution in [0.15, 0.2) is 72.5 Å². The number of Topliss-reactive ketones (excluding diaryl/α,β-unsaturated/α-hetero) is 1. The van der Waals surface area contributed by atoms with Gasteiger partial charge in [-0.05, 0) is 30.3 Å². The fraction of sp³-hybridized carbons (Fsp3) is 0.136. The molecule has 0 aliphatic carbocycles. The van der Waals surface area contributed by atoms with E-state index in [0.717, 1.165) is 28.0 Å². The molecule has 7 heteroatoms. The van der Waals surface area contributed by atoms with Gasteiger partial charge in [0.15, 0.2) is 16.8 Å². The maximum Gasteiger partial charge on any atom is 0.192 e. The monoisotopic (exact) mass is 404 g/mol. The summed E-state index contributed by atoms with van der Waals surface area (Å²) in [4.78, 5) is 15.8. The number of fused-ring (bicyclic) bond motifs is 1. The molecule has 0 unspecified atom stereocenters. The van der Waals surface area contributed by atoms with Crippen molar-refractivity contribution in [1.82, 2.24) is 19.7 Å². The van der Waals surface area contributed by atoms with Crippen LogP contribution in [0.2, 0.25) is 0 Å². The molecule has 0 bridgehead atoms. The number of H-pyrrole nitrogens is 1. The van der Waals surface area contributed by atoms with Gasteiger partial charge in [0.1, 0.15) is 5.75 Å². The molecule has 2 aromatic carbocycles. The van der Waals surface area contributed by atoms with E-state index >= 15 is 0 Å². The summed E-state index contributed by atoms with van der Waals surface area (Å²) in [5, 5.41) is 10.5. The van der Waals surface area contributed by atoms with E-state index in [9.17, 15) is 4.79 Å². The number of aromatic nitrogens is 4. The number of hydrogen-bond donors (Lipinski definition) is 1. The van der Waals surface area contributed by atoms with Crippen LogP contribution in [0.3, 0.4) is 0 Å². The van der Waals surface area contributed by atoms with Crippen molar-refractivity contribution < 1.29 is 9.53 Å². The molecule has 0 amide bonds. The van der Waals surface area contributed by atoms with E-state index in [1.807, 2.05) is 35.0 Å². The Morgan fingerprint density at radius 1 is 1.21 bits per heavy atom. The zero-order chi connectivity index (χ0) is 20.2. The summed E-state index contributed by atoms with van der Waals surface area (Å²) < 4.78 is 7.12. The van der Waals surface area contributed by atoms with Gasteiger partial charge in [0.2, 0.25) is 0 Å². The topological polar surface area (TPSA) is 72.8 Å². The third kappa shape index (κ3) is 3.82. The van der Waals surface area contributed by atoms with Crippen LogP contribution in [0.4, 0.5) is 0 Å². The normalized spacial score (nSPS) is 10.9. The molecule has 1 N–H and O–H groups in total. The molecule has 4 aromatic rings. The number of nitrogens with zero attached hydrogens (tertiary/aromatic N) is 3. The van der Waals surface area contributed by atoms with Crippen LogP contribution in [-0.2, 0) is 6.54 Å². The van der Waals surface area contributed by atoms with Crippen molar-refractivity contribution in [3.05, 3.63) is 72.9 Å². The van der Waals surface area contributed by atoms with Gasteiger partial charge in [0, 0.05) is 34.8 Å². The lowest BCUT2D eigenvalue weighted by Gasteiger charge is -2.07. The third-order valence-corrected chi connectivity index (χ3v) is 5.57. The van der Waals surface area contributed by atoms with Gasteiger partial charge in [0.25, 0.3) is 0 Å². The molecule has 0 saturated heterocycles. The molecule has 6 nitrogen and oxygen atoms in total. The van der Waals surface area contributed by atoms with E-state index in [2.05, 4.69) is 21.8 Å². The van der Waals surface area contributed by atoms with Gasteiger partial charge in [-0.2, -0.15) is 0 Å². The van der Waals surface area contributed by atoms with Gasteiger partial charge in [-0.1, -0.05) is 36.0 Å². The number of hydrogen-bond acceptors (Lipinski definition) is 5. The molecule has 0 spiro atoms. The fourth-order valence-electron chi connectivity index (χ4n) is 3.14. The summed E-state index contributed by atoms with van der Waals surface area (Å²) >= 11 is 1.37. The number of carbonyl (C=O) groups is 1. The number of ketones is 1. The average molecular weight is 404 g/mol. The van der Waals surface area contributed by atoms with Crippen molar-refractivity contribution in [3.8, 4) is 17.1 Å². The number of ether oxygens (including phenoxy) is 1. The van der Waals surface area contributed by atoms with Gasteiger partial charge in [-0.25, -0.2) is 0 Å². The number of carbonyl (C=O) groups excluding carboxylic acids is 1. The summed E-state index contributed by atoms with van der Waals surface area (Å²) in [6, 6.07) is 15.2. The van der Waals surface area contributed by atoms with Gasteiger partial charge in [-0.15, -0.1) is 16.8 Å². The van der Waals surface area contributed by atoms with Crippen LogP contribution in [-0.4, -0.2) is 38.4 Å². The first-order chi connectivity index (χ1) is 14.2. The van der Waals surface area contributed by atoms with E-state index in [4.69, 9.17) is 4.74 Å². The Kier molecular flexibility index (Phi) is 5.48. The highest BCUT2D eigenvalue weighted by Gasteiger charge is 2.18. The molecule has 0 fully saturated rings. The summed E-state index contributed by atoms with van der Waals surface area (Å²) in [5.74, 6) is 1.78. The first-order valence-corrected chi connectivity index (χ1v) is 10.1. The number of para-hydroxylation sites is 1. The van der Waals surface area contributed by atoms with E-state index in [-0.39, 0.29) is 11.5 Å². The maximum atomic E-state index is 12.6. The van der Waals surface area contributed by atoms with Crippen LogP contribution >= 0.6 is 11.8 Å². The molecule has 0 radical (unpaired) electrons. The second-order valence-electron chi connectivity index (χ2n) is 6.39. The summed E-state index contributed by atoms with van der Waals surface area (Å²) in [6.45, 7) is 4.40. The first kappa shape index (κ1) is 19.0. The number of rotatable bonds is 8. The van der Waals surface area contributed by atoms with E-state index in [1.54, 1.807) is 37.5 Å². The van der Waals surface area contributed by atoms with Crippen molar-refractivity contribution in [2.75, 3.05) is 12.9 Å². The molecule has 0 aliphatic heterocycles. The molecule has 146 valence electrons. The Bertz CT molecular complexity index is 1160. The Labute approximate surface area is 172 Å². The third-order valence-electron chi connectivity index (χ3n) is 4.60. The second kappa shape index (κ2) is 8.36. The molecule has 2 heterocycles. The van der Waals surface area contributed by atoms with Gasteiger partial charge in [-0.3, -0.25) is 9.36 Å². The van der Waals surface area contributed by atoms with E-state index in [0.29, 0.717) is 17.3 Å². The van der Waals surface area contributed by atoms with Gasteiger partial charge < -0.3 is 9.72 Å². The van der Waals surface area contributed by atoms with E-state index < -0.39 is 0 Å². The highest BCUT2D eigenvalue weighted by atomic mass is 32.2. The predicted molar refractivity (Wildman–Crippen MR) is 116 cm³/mol. The zero-order valence-electron chi connectivity index (χ0n) is 16.0. The number of allylic oxidation sites excluding steroid dienone is 1. The van der Waals surface area contributed by atoms with Crippen LogP contribution in [0.1, 0.15) is 10.4 Å². The Morgan fingerprint density at radius 3 is 2.76 bits per heavy atom. The minimum absolute atomic E-state index is 0.0273. The smallest absolute Gasteiger partial charge is 0.192 e. The van der Waals surface area contributed by atoms with E-state index in [1.165, 1.54) is 11.8 Å². The van der Waals surface area contributed by atoms with Crippen LogP contribution in [0.25, 0.3) is 22.3 Å². The molecular formula is C22H20N4O2S.